The molecule has 0 aliphatic carbocycles. The molecule has 0 aliphatic heterocycles. The minimum Gasteiger partial charge on any atom is -0.435 e. The Balaban J connectivity index is 2.73. The summed E-state index contributed by atoms with van der Waals surface area (Å²) in [7, 11) is 0. The average Bonchev–Trinajstić information content (AvgIpc) is 2.01. The van der Waals surface area contributed by atoms with Gasteiger partial charge in [-0.15, -0.1) is 0 Å². The highest BCUT2D eigenvalue weighted by molar-refractivity contribution is 6.63. The van der Waals surface area contributed by atoms with Gasteiger partial charge < -0.3 is 4.74 Å². The van der Waals surface area contributed by atoms with Gasteiger partial charge in [-0.3, -0.25) is 4.79 Å². The molecule has 0 aromatic heterocycles. The minimum absolute atomic E-state index is 0.00198. The van der Waals surface area contributed by atoms with E-state index in [9.17, 15) is 13.6 Å². The predicted octanol–water partition coefficient (Wildman–Crippen LogP) is 2.60. The van der Waals surface area contributed by atoms with Crippen molar-refractivity contribution in [2.75, 3.05) is 0 Å². The molecule has 0 spiro atoms. The van der Waals surface area contributed by atoms with E-state index in [-0.39, 0.29) is 12.2 Å². The lowest BCUT2D eigenvalue weighted by Gasteiger charge is -2.05. The summed E-state index contributed by atoms with van der Waals surface area (Å²) in [5, 5.41) is -0.542. The van der Waals surface area contributed by atoms with E-state index in [1.54, 1.807) is 6.07 Å². The van der Waals surface area contributed by atoms with E-state index in [1.165, 1.54) is 18.2 Å². The number of hydrogen-bond acceptors (Lipinski definition) is 2. The van der Waals surface area contributed by atoms with Crippen molar-refractivity contribution >= 4 is 16.8 Å². The highest BCUT2D eigenvalue weighted by Crippen LogP contribution is 2.16. The Labute approximate surface area is 84.4 Å². The maximum atomic E-state index is 11.8. The molecule has 0 saturated heterocycles. The molecule has 0 saturated carbocycles. The molecule has 5 heteroatoms. The van der Waals surface area contributed by atoms with Gasteiger partial charge in [0.15, 0.2) is 0 Å². The molecule has 0 bridgehead atoms. The number of carbonyl (C=O) groups is 1. The smallest absolute Gasteiger partial charge is 0.387 e. The molecule has 0 unspecified atom stereocenters. The van der Waals surface area contributed by atoms with Gasteiger partial charge in [0, 0.05) is 6.42 Å². The Hall–Kier alpha value is -1.16. The summed E-state index contributed by atoms with van der Waals surface area (Å²) in [4.78, 5) is 10.5. The zero-order valence-corrected chi connectivity index (χ0v) is 7.80. The third-order valence-electron chi connectivity index (χ3n) is 1.47. The van der Waals surface area contributed by atoms with Crippen molar-refractivity contribution in [2.45, 2.75) is 13.0 Å². The summed E-state index contributed by atoms with van der Waals surface area (Å²) in [5.41, 5.74) is 0.545. The third kappa shape index (κ3) is 3.70. The van der Waals surface area contributed by atoms with Crippen molar-refractivity contribution in [2.24, 2.45) is 0 Å². The highest BCUT2D eigenvalue weighted by atomic mass is 35.5. The molecule has 0 aliphatic rings. The van der Waals surface area contributed by atoms with Crippen LogP contribution in [-0.2, 0) is 11.2 Å². The van der Waals surface area contributed by atoms with Crippen LogP contribution in [0.2, 0.25) is 0 Å². The second kappa shape index (κ2) is 4.91. The molecule has 0 amide bonds. The summed E-state index contributed by atoms with van der Waals surface area (Å²) < 4.78 is 27.7. The lowest BCUT2D eigenvalue weighted by molar-refractivity contribution is -0.111. The molecular weight excluding hydrogens is 214 g/mol. The van der Waals surface area contributed by atoms with Crippen LogP contribution in [0.25, 0.3) is 0 Å². The summed E-state index contributed by atoms with van der Waals surface area (Å²) in [5.74, 6) is 0.0235. The summed E-state index contributed by atoms with van der Waals surface area (Å²) in [6, 6.07) is 5.87. The number of ether oxygens (including phenoxy) is 1. The molecular formula is C9H7ClF2O2. The summed E-state index contributed by atoms with van der Waals surface area (Å²) in [6.45, 7) is -2.86. The van der Waals surface area contributed by atoms with Crippen molar-refractivity contribution in [1.29, 1.82) is 0 Å². The number of hydrogen-bond donors (Lipinski definition) is 0. The van der Waals surface area contributed by atoms with Gasteiger partial charge in [0.25, 0.3) is 0 Å². The van der Waals surface area contributed by atoms with Crippen LogP contribution in [-0.4, -0.2) is 11.9 Å². The van der Waals surface area contributed by atoms with E-state index in [0.717, 1.165) is 0 Å². The lowest BCUT2D eigenvalue weighted by Crippen LogP contribution is -2.02. The first-order chi connectivity index (χ1) is 6.58. The summed E-state index contributed by atoms with van der Waals surface area (Å²) in [6.07, 6.45) is 0.00198. The molecule has 0 N–H and O–H groups in total. The molecule has 14 heavy (non-hydrogen) atoms. The van der Waals surface area contributed by atoms with Crippen molar-refractivity contribution in [1.82, 2.24) is 0 Å². The van der Waals surface area contributed by atoms with Crippen LogP contribution in [0.5, 0.6) is 5.75 Å². The highest BCUT2D eigenvalue weighted by Gasteiger charge is 2.05. The molecule has 1 rings (SSSR count). The largest absolute Gasteiger partial charge is 0.435 e. The van der Waals surface area contributed by atoms with Gasteiger partial charge >= 0.3 is 6.61 Å². The van der Waals surface area contributed by atoms with Gasteiger partial charge in [0.2, 0.25) is 5.24 Å². The standard InChI is InChI=1S/C9H7ClF2O2/c10-8(13)5-6-2-1-3-7(4-6)14-9(11)12/h1-4,9H,5H2. The molecule has 1 aromatic carbocycles. The zero-order valence-electron chi connectivity index (χ0n) is 7.04. The van der Waals surface area contributed by atoms with Crippen molar-refractivity contribution < 1.29 is 18.3 Å². The molecule has 2 nitrogen and oxygen atoms in total. The van der Waals surface area contributed by atoms with Gasteiger partial charge in [0.1, 0.15) is 5.75 Å². The maximum absolute atomic E-state index is 11.8. The van der Waals surface area contributed by atoms with Gasteiger partial charge in [0.05, 0.1) is 0 Å². The summed E-state index contributed by atoms with van der Waals surface area (Å²) >= 11 is 5.14. The van der Waals surface area contributed by atoms with Gasteiger partial charge in [-0.1, -0.05) is 12.1 Å². The van der Waals surface area contributed by atoms with Crippen molar-refractivity contribution in [3.63, 3.8) is 0 Å². The third-order valence-corrected chi connectivity index (χ3v) is 1.60. The first kappa shape index (κ1) is 10.9. The van der Waals surface area contributed by atoms with E-state index in [0.29, 0.717) is 5.56 Å². The van der Waals surface area contributed by atoms with Crippen LogP contribution in [0.4, 0.5) is 8.78 Å². The maximum Gasteiger partial charge on any atom is 0.387 e. The van der Waals surface area contributed by atoms with Crippen LogP contribution in [0, 0.1) is 0 Å². The predicted molar refractivity (Wildman–Crippen MR) is 47.6 cm³/mol. The average molecular weight is 221 g/mol. The number of rotatable bonds is 4. The van der Waals surface area contributed by atoms with E-state index in [1.807, 2.05) is 0 Å². The number of carbonyl (C=O) groups excluding carboxylic acids is 1. The Bertz CT molecular complexity index is 328. The first-order valence-electron chi connectivity index (χ1n) is 3.80. The minimum atomic E-state index is -2.86. The SMILES string of the molecule is O=C(Cl)Cc1cccc(OC(F)F)c1. The van der Waals surface area contributed by atoms with E-state index in [2.05, 4.69) is 4.74 Å². The topological polar surface area (TPSA) is 26.3 Å². The fraction of sp³-hybridized carbons (Fsp3) is 0.222. The Morgan fingerprint density at radius 2 is 2.21 bits per heavy atom. The quantitative estimate of drug-likeness (QED) is 0.729. The zero-order chi connectivity index (χ0) is 10.6. The van der Waals surface area contributed by atoms with Gasteiger partial charge in [-0.05, 0) is 29.3 Å². The van der Waals surface area contributed by atoms with E-state index >= 15 is 0 Å². The number of benzene rings is 1. The van der Waals surface area contributed by atoms with Crippen LogP contribution in [0.3, 0.4) is 0 Å². The second-order valence-electron chi connectivity index (χ2n) is 2.56. The Morgan fingerprint density at radius 1 is 1.50 bits per heavy atom. The normalized spacial score (nSPS) is 10.3. The lowest BCUT2D eigenvalue weighted by atomic mass is 10.1. The molecule has 0 fully saturated rings. The van der Waals surface area contributed by atoms with Gasteiger partial charge in [-0.2, -0.15) is 8.78 Å². The molecule has 76 valence electrons. The fourth-order valence-corrected chi connectivity index (χ4v) is 1.15. The van der Waals surface area contributed by atoms with E-state index in [4.69, 9.17) is 11.6 Å². The Morgan fingerprint density at radius 3 is 2.79 bits per heavy atom. The van der Waals surface area contributed by atoms with Crippen LogP contribution in [0.1, 0.15) is 5.56 Å². The number of alkyl halides is 2. The Kier molecular flexibility index (Phi) is 3.83. The molecule has 0 heterocycles. The second-order valence-corrected chi connectivity index (χ2v) is 2.98. The van der Waals surface area contributed by atoms with Crippen LogP contribution in [0.15, 0.2) is 24.3 Å². The fourth-order valence-electron chi connectivity index (χ4n) is 0.992. The van der Waals surface area contributed by atoms with Crippen molar-refractivity contribution in [3.05, 3.63) is 29.8 Å². The molecule has 0 radical (unpaired) electrons. The van der Waals surface area contributed by atoms with E-state index < -0.39 is 11.9 Å². The number of halogens is 3. The van der Waals surface area contributed by atoms with Crippen LogP contribution >= 0.6 is 11.6 Å². The molecule has 1 aromatic rings. The monoisotopic (exact) mass is 220 g/mol. The molecule has 0 atom stereocenters. The first-order valence-corrected chi connectivity index (χ1v) is 4.18. The van der Waals surface area contributed by atoms with Gasteiger partial charge in [-0.25, -0.2) is 0 Å². The van der Waals surface area contributed by atoms with Crippen molar-refractivity contribution in [3.8, 4) is 5.75 Å². The van der Waals surface area contributed by atoms with Crippen LogP contribution < -0.4 is 4.74 Å².